The van der Waals surface area contributed by atoms with Crippen molar-refractivity contribution in [1.82, 2.24) is 0 Å². The molecule has 0 saturated heterocycles. The van der Waals surface area contributed by atoms with Gasteiger partial charge in [0.15, 0.2) is 0 Å². The standard InChI is InChI=1S/C15H17NO2.ClH/c16-13(11-17)10-12-6-4-5-9-15(12)18-14-7-2-1-3-8-14;/h1-9,13,17H,10-11,16H2;1H. The van der Waals surface area contributed by atoms with E-state index in [0.29, 0.717) is 6.42 Å². The third-order valence-corrected chi connectivity index (χ3v) is 2.66. The van der Waals surface area contributed by atoms with Crippen molar-refractivity contribution < 1.29 is 9.84 Å². The zero-order valence-electron chi connectivity index (χ0n) is 10.5. The molecule has 0 saturated carbocycles. The molecule has 19 heavy (non-hydrogen) atoms. The lowest BCUT2D eigenvalue weighted by atomic mass is 10.1. The van der Waals surface area contributed by atoms with E-state index in [0.717, 1.165) is 17.1 Å². The molecular formula is C15H18ClNO2. The fourth-order valence-electron chi connectivity index (χ4n) is 1.73. The lowest BCUT2D eigenvalue weighted by Gasteiger charge is -2.13. The predicted molar refractivity (Wildman–Crippen MR) is 79.0 cm³/mol. The molecule has 0 aromatic heterocycles. The second-order valence-corrected chi connectivity index (χ2v) is 4.17. The van der Waals surface area contributed by atoms with Crippen molar-refractivity contribution in [1.29, 1.82) is 0 Å². The molecule has 0 heterocycles. The van der Waals surface area contributed by atoms with E-state index in [1.165, 1.54) is 0 Å². The average molecular weight is 280 g/mol. The molecule has 0 radical (unpaired) electrons. The highest BCUT2D eigenvalue weighted by molar-refractivity contribution is 5.85. The molecule has 3 N–H and O–H groups in total. The Balaban J connectivity index is 0.00000180. The van der Waals surface area contributed by atoms with Crippen molar-refractivity contribution in [2.24, 2.45) is 5.73 Å². The first kappa shape index (κ1) is 15.5. The topological polar surface area (TPSA) is 55.5 Å². The third kappa shape index (κ3) is 4.56. The van der Waals surface area contributed by atoms with Crippen LogP contribution in [0.4, 0.5) is 0 Å². The van der Waals surface area contributed by atoms with Gasteiger partial charge in [-0.3, -0.25) is 0 Å². The molecule has 0 aliphatic carbocycles. The first-order valence-corrected chi connectivity index (χ1v) is 5.97. The largest absolute Gasteiger partial charge is 0.457 e. The zero-order valence-corrected chi connectivity index (χ0v) is 11.3. The number of para-hydroxylation sites is 2. The lowest BCUT2D eigenvalue weighted by Crippen LogP contribution is -2.26. The second kappa shape index (κ2) is 7.79. The molecule has 1 unspecified atom stereocenters. The van der Waals surface area contributed by atoms with Crippen LogP contribution >= 0.6 is 12.4 Å². The van der Waals surface area contributed by atoms with Crippen molar-refractivity contribution in [3.8, 4) is 11.5 Å². The van der Waals surface area contributed by atoms with E-state index in [1.807, 2.05) is 54.6 Å². The summed E-state index contributed by atoms with van der Waals surface area (Å²) in [6.07, 6.45) is 0.597. The van der Waals surface area contributed by atoms with Gasteiger partial charge in [0.1, 0.15) is 11.5 Å². The highest BCUT2D eigenvalue weighted by Crippen LogP contribution is 2.25. The summed E-state index contributed by atoms with van der Waals surface area (Å²) >= 11 is 0. The van der Waals surface area contributed by atoms with E-state index >= 15 is 0 Å². The summed E-state index contributed by atoms with van der Waals surface area (Å²) in [5, 5.41) is 9.01. The number of rotatable bonds is 5. The number of ether oxygens (including phenoxy) is 1. The van der Waals surface area contributed by atoms with Crippen LogP contribution in [0.3, 0.4) is 0 Å². The summed E-state index contributed by atoms with van der Waals surface area (Å²) < 4.78 is 5.82. The molecule has 0 aliphatic heterocycles. The molecule has 0 bridgehead atoms. The van der Waals surface area contributed by atoms with Crippen LogP contribution in [0.25, 0.3) is 0 Å². The number of aliphatic hydroxyl groups excluding tert-OH is 1. The molecule has 0 amide bonds. The smallest absolute Gasteiger partial charge is 0.130 e. The first-order chi connectivity index (χ1) is 8.79. The maximum Gasteiger partial charge on any atom is 0.130 e. The fourth-order valence-corrected chi connectivity index (χ4v) is 1.73. The highest BCUT2D eigenvalue weighted by atomic mass is 35.5. The van der Waals surface area contributed by atoms with E-state index < -0.39 is 0 Å². The van der Waals surface area contributed by atoms with Gasteiger partial charge in [-0.25, -0.2) is 0 Å². The Kier molecular flexibility index (Phi) is 6.36. The molecule has 0 fully saturated rings. The van der Waals surface area contributed by atoms with Gasteiger partial charge >= 0.3 is 0 Å². The normalized spacial score (nSPS) is 11.5. The van der Waals surface area contributed by atoms with Gasteiger partial charge in [0.2, 0.25) is 0 Å². The maximum atomic E-state index is 9.01. The van der Waals surface area contributed by atoms with Gasteiger partial charge in [0, 0.05) is 6.04 Å². The quantitative estimate of drug-likeness (QED) is 0.885. The fraction of sp³-hybridized carbons (Fsp3) is 0.200. The van der Waals surface area contributed by atoms with Crippen molar-refractivity contribution >= 4 is 12.4 Å². The van der Waals surface area contributed by atoms with Crippen molar-refractivity contribution in [2.75, 3.05) is 6.61 Å². The van der Waals surface area contributed by atoms with Gasteiger partial charge in [0.25, 0.3) is 0 Å². The summed E-state index contributed by atoms with van der Waals surface area (Å²) in [5.74, 6) is 1.58. The van der Waals surface area contributed by atoms with Crippen molar-refractivity contribution in [3.63, 3.8) is 0 Å². The Morgan fingerprint density at radius 3 is 2.32 bits per heavy atom. The van der Waals surface area contributed by atoms with Crippen molar-refractivity contribution in [2.45, 2.75) is 12.5 Å². The molecule has 3 nitrogen and oxygen atoms in total. The summed E-state index contributed by atoms with van der Waals surface area (Å²) in [6, 6.07) is 17.1. The van der Waals surface area contributed by atoms with E-state index in [2.05, 4.69) is 0 Å². The van der Waals surface area contributed by atoms with Gasteiger partial charge in [-0.2, -0.15) is 0 Å². The Morgan fingerprint density at radius 2 is 1.63 bits per heavy atom. The van der Waals surface area contributed by atoms with Crippen LogP contribution in [0, 0.1) is 0 Å². The summed E-state index contributed by atoms with van der Waals surface area (Å²) in [6.45, 7) is -0.0281. The van der Waals surface area contributed by atoms with Crippen LogP contribution in [0.2, 0.25) is 0 Å². The van der Waals surface area contributed by atoms with Crippen LogP contribution in [0.15, 0.2) is 54.6 Å². The average Bonchev–Trinajstić information content (AvgIpc) is 2.42. The van der Waals surface area contributed by atoms with Gasteiger partial charge in [-0.05, 0) is 30.2 Å². The Hall–Kier alpha value is -1.55. The first-order valence-electron chi connectivity index (χ1n) is 5.97. The van der Waals surface area contributed by atoms with Crippen LogP contribution in [0.5, 0.6) is 11.5 Å². The van der Waals surface area contributed by atoms with Gasteiger partial charge in [0.05, 0.1) is 6.61 Å². The number of halogens is 1. The molecule has 0 aliphatic rings. The minimum absolute atomic E-state index is 0. The molecule has 2 aromatic rings. The number of hydrogen-bond acceptors (Lipinski definition) is 3. The van der Waals surface area contributed by atoms with Crippen LogP contribution < -0.4 is 10.5 Å². The molecular weight excluding hydrogens is 262 g/mol. The third-order valence-electron chi connectivity index (χ3n) is 2.66. The van der Waals surface area contributed by atoms with Gasteiger partial charge in [-0.1, -0.05) is 36.4 Å². The lowest BCUT2D eigenvalue weighted by molar-refractivity contribution is 0.264. The minimum atomic E-state index is -0.259. The number of benzene rings is 2. The monoisotopic (exact) mass is 279 g/mol. The van der Waals surface area contributed by atoms with E-state index in [-0.39, 0.29) is 25.1 Å². The SMILES string of the molecule is Cl.NC(CO)Cc1ccccc1Oc1ccccc1. The molecule has 1 atom stereocenters. The number of aliphatic hydroxyl groups is 1. The van der Waals surface area contributed by atoms with Gasteiger partial charge < -0.3 is 15.6 Å². The zero-order chi connectivity index (χ0) is 12.8. The number of hydrogen-bond donors (Lipinski definition) is 2. The molecule has 4 heteroatoms. The molecule has 2 aromatic carbocycles. The Bertz CT molecular complexity index is 491. The predicted octanol–water partition coefficient (Wildman–Crippen LogP) is 2.76. The van der Waals surface area contributed by atoms with Gasteiger partial charge in [-0.15, -0.1) is 12.4 Å². The van der Waals surface area contributed by atoms with Crippen LogP contribution in [-0.4, -0.2) is 17.8 Å². The Morgan fingerprint density at radius 1 is 1.00 bits per heavy atom. The molecule has 102 valence electrons. The number of nitrogens with two attached hydrogens (primary N) is 1. The van der Waals surface area contributed by atoms with Crippen molar-refractivity contribution in [3.05, 3.63) is 60.2 Å². The van der Waals surface area contributed by atoms with E-state index in [4.69, 9.17) is 15.6 Å². The van der Waals surface area contributed by atoms with E-state index in [1.54, 1.807) is 0 Å². The minimum Gasteiger partial charge on any atom is -0.457 e. The summed E-state index contributed by atoms with van der Waals surface area (Å²) in [5.41, 5.74) is 6.76. The van der Waals surface area contributed by atoms with Crippen LogP contribution in [0.1, 0.15) is 5.56 Å². The summed E-state index contributed by atoms with van der Waals surface area (Å²) in [7, 11) is 0. The Labute approximate surface area is 119 Å². The van der Waals surface area contributed by atoms with E-state index in [9.17, 15) is 0 Å². The maximum absolute atomic E-state index is 9.01. The summed E-state index contributed by atoms with van der Waals surface area (Å²) in [4.78, 5) is 0. The second-order valence-electron chi connectivity index (χ2n) is 4.17. The van der Waals surface area contributed by atoms with Crippen LogP contribution in [-0.2, 0) is 6.42 Å². The molecule has 2 rings (SSSR count). The highest BCUT2D eigenvalue weighted by Gasteiger charge is 2.08. The molecule has 0 spiro atoms.